The smallest absolute Gasteiger partial charge is 0.147 e. The van der Waals surface area contributed by atoms with Gasteiger partial charge in [-0.15, -0.1) is 0 Å². The van der Waals surface area contributed by atoms with Gasteiger partial charge < -0.3 is 0 Å². The molecule has 2 aromatic rings. The second-order valence-electron chi connectivity index (χ2n) is 15.2. The molecular weight excluding hydrogens is 648 g/mol. The number of hydrogen-bond donors (Lipinski definition) is 0. The average molecular weight is 693 g/mol. The van der Waals surface area contributed by atoms with Gasteiger partial charge in [-0.1, -0.05) is 134 Å². The van der Waals surface area contributed by atoms with E-state index in [1.165, 1.54) is 0 Å². The van der Waals surface area contributed by atoms with Crippen LogP contribution in [0.25, 0.3) is 12.2 Å². The average Bonchev–Trinajstić information content (AvgIpc) is 3.42. The fourth-order valence-corrected chi connectivity index (χ4v) is 12.1. The van der Waals surface area contributed by atoms with E-state index in [9.17, 15) is 0 Å². The molecule has 42 heavy (non-hydrogen) atoms. The van der Waals surface area contributed by atoms with Crippen LogP contribution in [0.2, 0.25) is 0 Å². The van der Waals surface area contributed by atoms with E-state index in [1.54, 1.807) is 0 Å². The van der Waals surface area contributed by atoms with Crippen LogP contribution in [0.3, 0.4) is 0 Å². The summed E-state index contributed by atoms with van der Waals surface area (Å²) in [4.78, 5) is 30.9. The number of carbonyl (C=O) groups is 2. The Morgan fingerprint density at radius 3 is 1.26 bits per heavy atom. The topological polar surface area (TPSA) is 34.1 Å². The molecule has 0 unspecified atom stereocenters. The molecule has 0 spiro atoms. The van der Waals surface area contributed by atoms with E-state index < -0.39 is 21.7 Å². The fraction of sp³-hybridized carbons (Fsp3) is 0.526. The summed E-state index contributed by atoms with van der Waals surface area (Å²) in [5.41, 5.74) is -0.679. The lowest BCUT2D eigenvalue weighted by atomic mass is 9.45. The molecule has 0 amide bonds. The van der Waals surface area contributed by atoms with E-state index in [-0.39, 0.29) is 22.7 Å². The van der Waals surface area contributed by atoms with Crippen molar-refractivity contribution in [3.05, 3.63) is 80.8 Å². The van der Waals surface area contributed by atoms with Gasteiger partial charge in [-0.2, -0.15) is 0 Å². The zero-order valence-electron chi connectivity index (χ0n) is 25.9. The minimum Gasteiger partial charge on any atom is -0.298 e. The van der Waals surface area contributed by atoms with Crippen LogP contribution in [0, 0.1) is 44.3 Å². The molecule has 6 rings (SSSR count). The third kappa shape index (κ3) is 3.73. The second-order valence-corrected chi connectivity index (χ2v) is 17.3. The van der Waals surface area contributed by atoms with Crippen LogP contribution >= 0.6 is 31.9 Å². The van der Waals surface area contributed by atoms with Crippen molar-refractivity contribution in [3.63, 3.8) is 0 Å². The molecule has 4 aliphatic carbocycles. The molecule has 4 saturated carbocycles. The minimum absolute atomic E-state index is 0.124. The van der Waals surface area contributed by atoms with Gasteiger partial charge in [0.1, 0.15) is 11.6 Å². The van der Waals surface area contributed by atoms with E-state index in [1.807, 2.05) is 36.4 Å². The molecule has 2 nitrogen and oxygen atoms in total. The van der Waals surface area contributed by atoms with Crippen molar-refractivity contribution < 1.29 is 9.59 Å². The Labute approximate surface area is 269 Å². The molecule has 0 aliphatic heterocycles. The summed E-state index contributed by atoms with van der Waals surface area (Å²) < 4.78 is 2.02. The van der Waals surface area contributed by atoms with Gasteiger partial charge >= 0.3 is 0 Å². The highest BCUT2D eigenvalue weighted by molar-refractivity contribution is 9.12. The van der Waals surface area contributed by atoms with E-state index in [0.29, 0.717) is 24.4 Å². The zero-order chi connectivity index (χ0) is 30.3. The lowest BCUT2D eigenvalue weighted by molar-refractivity contribution is -0.164. The zero-order valence-corrected chi connectivity index (χ0v) is 29.1. The van der Waals surface area contributed by atoms with Crippen molar-refractivity contribution in [2.24, 2.45) is 44.3 Å². The quantitative estimate of drug-likeness (QED) is 0.290. The van der Waals surface area contributed by atoms with E-state index in [2.05, 4.69) is 110 Å². The van der Waals surface area contributed by atoms with E-state index in [0.717, 1.165) is 45.8 Å². The first-order valence-corrected chi connectivity index (χ1v) is 17.2. The molecule has 2 aromatic carbocycles. The summed E-state index contributed by atoms with van der Waals surface area (Å²) in [7, 11) is 0. The van der Waals surface area contributed by atoms with Gasteiger partial charge in [0.25, 0.3) is 0 Å². The molecule has 0 N–H and O–H groups in total. The number of ketones is 2. The van der Waals surface area contributed by atoms with Crippen molar-refractivity contribution in [1.29, 1.82) is 0 Å². The largest absolute Gasteiger partial charge is 0.298 e. The van der Waals surface area contributed by atoms with Gasteiger partial charge in [-0.05, 0) is 93.4 Å². The number of Topliss-reactive ketones (excluding diaryl/α,β-unsaturated/α-hetero) is 2. The highest BCUT2D eigenvalue weighted by Crippen LogP contribution is 2.84. The van der Waals surface area contributed by atoms with E-state index >= 15 is 9.59 Å². The van der Waals surface area contributed by atoms with Crippen LogP contribution < -0.4 is 0 Å². The number of allylic oxidation sites excluding steroid dienone is 2. The summed E-state index contributed by atoms with van der Waals surface area (Å²) >= 11 is 7.98. The molecule has 0 saturated heterocycles. The number of hydrogen-bond acceptors (Lipinski definition) is 2. The Balaban J connectivity index is 1.61. The Kier molecular flexibility index (Phi) is 7.10. The normalized spacial score (nSPS) is 38.5. The van der Waals surface area contributed by atoms with Crippen LogP contribution in [0.15, 0.2) is 69.6 Å². The van der Waals surface area contributed by atoms with Gasteiger partial charge in [0.2, 0.25) is 0 Å². The first kappa shape index (κ1) is 30.3. The molecule has 4 aliphatic rings. The van der Waals surface area contributed by atoms with Gasteiger partial charge in [-0.3, -0.25) is 9.59 Å². The summed E-state index contributed by atoms with van der Waals surface area (Å²) in [6.07, 6.45) is 9.24. The first-order chi connectivity index (χ1) is 19.7. The summed E-state index contributed by atoms with van der Waals surface area (Å²) in [5.74, 6) is 0.905. The van der Waals surface area contributed by atoms with Crippen LogP contribution in [0.4, 0.5) is 0 Å². The molecule has 0 aromatic heterocycles. The van der Waals surface area contributed by atoms with E-state index in [4.69, 9.17) is 0 Å². The summed E-state index contributed by atoms with van der Waals surface area (Å²) in [6.45, 7) is 13.7. The third-order valence-electron chi connectivity index (χ3n) is 13.4. The van der Waals surface area contributed by atoms with Crippen LogP contribution in [0.1, 0.15) is 91.2 Å². The van der Waals surface area contributed by atoms with Crippen molar-refractivity contribution >= 4 is 55.6 Å². The monoisotopic (exact) mass is 690 g/mol. The summed E-state index contributed by atoms with van der Waals surface area (Å²) in [6, 6.07) is 20.6. The Morgan fingerprint density at radius 2 is 0.976 bits per heavy atom. The van der Waals surface area contributed by atoms with Crippen LogP contribution in [-0.2, 0) is 9.59 Å². The Bertz CT molecular complexity index is 1370. The number of benzene rings is 2. The molecule has 4 bridgehead atoms. The van der Waals surface area contributed by atoms with Crippen LogP contribution in [-0.4, -0.2) is 11.6 Å². The molecule has 4 heteroatoms. The highest BCUT2D eigenvalue weighted by Gasteiger charge is 2.85. The number of halogens is 2. The number of carbonyl (C=O) groups excluding carboxylic acids is 2. The molecular formula is C38H44Br2O2. The highest BCUT2D eigenvalue weighted by atomic mass is 79.9. The maximum Gasteiger partial charge on any atom is 0.147 e. The fourth-order valence-electron chi connectivity index (χ4n) is 10.7. The Hall–Kier alpha value is -1.78. The molecule has 0 radical (unpaired) electrons. The first-order valence-electron chi connectivity index (χ1n) is 15.6. The molecule has 222 valence electrons. The maximum atomic E-state index is 15.4. The molecule has 6 atom stereocenters. The molecule has 4 fully saturated rings. The second kappa shape index (κ2) is 9.86. The van der Waals surface area contributed by atoms with Crippen molar-refractivity contribution in [2.75, 3.05) is 0 Å². The predicted molar refractivity (Wildman–Crippen MR) is 180 cm³/mol. The summed E-state index contributed by atoms with van der Waals surface area (Å²) in [5, 5.41) is 0. The number of fused-ring (bicyclic) bond motifs is 4. The van der Waals surface area contributed by atoms with Crippen molar-refractivity contribution in [1.82, 2.24) is 0 Å². The predicted octanol–water partition coefficient (Wildman–Crippen LogP) is 10.7. The van der Waals surface area contributed by atoms with Gasteiger partial charge in [-0.25, -0.2) is 0 Å². The van der Waals surface area contributed by atoms with Crippen molar-refractivity contribution in [2.45, 2.75) is 80.1 Å². The Morgan fingerprint density at radius 1 is 0.643 bits per heavy atom. The van der Waals surface area contributed by atoms with Crippen LogP contribution in [0.5, 0.6) is 0 Å². The molecule has 0 heterocycles. The standard InChI is InChI=1S/C38H44Br2O2/c1-33(2)29-17-19-35(33,5)31(41)37(29,23-27(39)21-25-13-9-7-10-14-25)38(24-28(40)22-26-15-11-8-12-16-26)30-18-20-36(6,32(38)42)34(30,3)4/h7-16,21-22,29-30H,17-20,23-24H2,1-6H3/b27-21-,28-22-/t29-,30-,35-,36+,37-,38-/m0/s1. The lowest BCUT2D eigenvalue weighted by Gasteiger charge is -2.55. The van der Waals surface area contributed by atoms with Crippen molar-refractivity contribution in [3.8, 4) is 0 Å². The maximum absolute atomic E-state index is 15.4. The minimum atomic E-state index is -0.797. The van der Waals surface area contributed by atoms with Gasteiger partial charge in [0.15, 0.2) is 0 Å². The lowest BCUT2D eigenvalue weighted by Crippen LogP contribution is -2.60. The SMILES string of the molecule is CC1(C)[C@@H]2CC[C@@]1(C)C(=O)[C@@]2(C/C(Br)=C/c1ccccc1)[C@]1(C/C(Br)=C/c2ccccc2)C(=O)[C@@]2(C)CC[C@H]1C2(C)C. The number of rotatable bonds is 7. The van der Waals surface area contributed by atoms with Gasteiger partial charge in [0, 0.05) is 10.8 Å². The van der Waals surface area contributed by atoms with Gasteiger partial charge in [0.05, 0.1) is 10.8 Å². The third-order valence-corrected chi connectivity index (χ3v) is 14.4.